The van der Waals surface area contributed by atoms with Crippen LogP contribution in [0.25, 0.3) is 0 Å². The second-order valence-corrected chi connectivity index (χ2v) is 5.24. The van der Waals surface area contributed by atoms with E-state index in [4.69, 9.17) is 22.4 Å². The molecule has 0 aromatic carbocycles. The maximum Gasteiger partial charge on any atom is 0.299 e. The summed E-state index contributed by atoms with van der Waals surface area (Å²) >= 11 is -2.61. The van der Waals surface area contributed by atoms with Gasteiger partial charge in [-0.05, 0) is 0 Å². The monoisotopic (exact) mass is 258 g/mol. The van der Waals surface area contributed by atoms with Gasteiger partial charge >= 0.3 is 0 Å². The zero-order valence-electron chi connectivity index (χ0n) is 5.76. The van der Waals surface area contributed by atoms with Crippen LogP contribution in [0, 0.1) is 0 Å². The molecule has 0 aliphatic heterocycles. The molecular formula is CH6O9S3. The third-order valence-corrected chi connectivity index (χ3v) is 2.68. The van der Waals surface area contributed by atoms with Gasteiger partial charge in [0.1, 0.15) is 0 Å². The van der Waals surface area contributed by atoms with E-state index in [9.17, 15) is 16.8 Å². The van der Waals surface area contributed by atoms with Gasteiger partial charge in [-0.3, -0.25) is 18.2 Å². The summed E-state index contributed by atoms with van der Waals surface area (Å²) in [7, 11) is -9.24. The Morgan fingerprint density at radius 3 is 1.08 bits per heavy atom. The lowest BCUT2D eigenvalue weighted by Gasteiger charge is -1.89. The van der Waals surface area contributed by atoms with Gasteiger partial charge in [0, 0.05) is 0 Å². The molecule has 13 heavy (non-hydrogen) atoms. The van der Waals surface area contributed by atoms with Crippen LogP contribution >= 0.6 is 0 Å². The fraction of sp³-hybridized carbons (Fsp3) is 1.00. The van der Waals surface area contributed by atoms with Crippen molar-refractivity contribution in [2.75, 3.05) is 5.08 Å². The molecule has 0 fully saturated rings. The van der Waals surface area contributed by atoms with Crippen LogP contribution in [0.4, 0.5) is 0 Å². The van der Waals surface area contributed by atoms with Crippen LogP contribution in [0.3, 0.4) is 0 Å². The molecular weight excluding hydrogens is 252 g/mol. The van der Waals surface area contributed by atoms with Crippen LogP contribution in [0.5, 0.6) is 0 Å². The zero-order chi connectivity index (χ0) is 11.3. The predicted molar refractivity (Wildman–Crippen MR) is 41.4 cm³/mol. The lowest BCUT2D eigenvalue weighted by molar-refractivity contribution is 0.453. The van der Waals surface area contributed by atoms with Crippen LogP contribution in [-0.4, -0.2) is 44.3 Å². The summed E-state index contributed by atoms with van der Waals surface area (Å²) in [6, 6.07) is 0. The van der Waals surface area contributed by atoms with E-state index in [-0.39, 0.29) is 0 Å². The molecule has 4 N–H and O–H groups in total. The van der Waals surface area contributed by atoms with Crippen LogP contribution in [0.2, 0.25) is 0 Å². The largest absolute Gasteiger partial charge is 0.299 e. The Balaban J connectivity index is 0. The molecule has 0 heterocycles. The highest BCUT2D eigenvalue weighted by atomic mass is 32.3. The van der Waals surface area contributed by atoms with Crippen molar-refractivity contribution >= 4 is 31.6 Å². The molecule has 0 radical (unpaired) electrons. The molecule has 0 aliphatic carbocycles. The highest BCUT2D eigenvalue weighted by Crippen LogP contribution is 1.88. The SMILES string of the molecule is O=S(=O)(O)CS(=O)(=O)O.O=S(O)O. The van der Waals surface area contributed by atoms with Crippen molar-refractivity contribution in [1.29, 1.82) is 0 Å². The van der Waals surface area contributed by atoms with E-state index < -0.39 is 36.7 Å². The van der Waals surface area contributed by atoms with Crippen molar-refractivity contribution in [2.45, 2.75) is 0 Å². The maximum absolute atomic E-state index is 9.66. The lowest BCUT2D eigenvalue weighted by atomic mass is 11.9. The normalized spacial score (nSPS) is 12.1. The molecule has 0 aromatic rings. The van der Waals surface area contributed by atoms with Gasteiger partial charge in [-0.25, -0.2) is 0 Å². The molecule has 12 heteroatoms. The average Bonchev–Trinajstić information content (AvgIpc) is 1.47. The third-order valence-electron chi connectivity index (χ3n) is 0.298. The quantitative estimate of drug-likeness (QED) is 0.337. The minimum atomic E-state index is -4.62. The van der Waals surface area contributed by atoms with Gasteiger partial charge in [0.05, 0.1) is 0 Å². The topological polar surface area (TPSA) is 166 Å². The smallest absolute Gasteiger partial charge is 0.285 e. The average molecular weight is 258 g/mol. The Bertz CT molecular complexity index is 310. The second kappa shape index (κ2) is 5.58. The number of hydrogen-bond acceptors (Lipinski definition) is 5. The first-order valence-corrected chi connectivity index (χ1v) is 6.42. The molecule has 0 amide bonds. The van der Waals surface area contributed by atoms with E-state index in [1.54, 1.807) is 0 Å². The maximum atomic E-state index is 9.66. The summed E-state index contributed by atoms with van der Waals surface area (Å²) in [5.41, 5.74) is 0. The summed E-state index contributed by atoms with van der Waals surface area (Å²) in [6.07, 6.45) is 0. The molecule has 0 bridgehead atoms. The fourth-order valence-electron chi connectivity index (χ4n) is 0.188. The first-order valence-electron chi connectivity index (χ1n) is 2.14. The summed E-state index contributed by atoms with van der Waals surface area (Å²) in [4.78, 5) is 0. The van der Waals surface area contributed by atoms with Crippen molar-refractivity contribution in [2.24, 2.45) is 0 Å². The highest BCUT2D eigenvalue weighted by molar-refractivity contribution is 8.02. The van der Waals surface area contributed by atoms with Crippen molar-refractivity contribution in [1.82, 2.24) is 0 Å². The molecule has 0 saturated heterocycles. The Labute approximate surface area is 76.4 Å². The third kappa shape index (κ3) is 33.5. The van der Waals surface area contributed by atoms with Gasteiger partial charge in [0.25, 0.3) is 31.6 Å². The Morgan fingerprint density at radius 1 is 0.923 bits per heavy atom. The van der Waals surface area contributed by atoms with Crippen molar-refractivity contribution in [3.8, 4) is 0 Å². The molecule has 9 nitrogen and oxygen atoms in total. The van der Waals surface area contributed by atoms with Crippen molar-refractivity contribution in [3.63, 3.8) is 0 Å². The van der Waals surface area contributed by atoms with Crippen LogP contribution in [-0.2, 0) is 31.6 Å². The Kier molecular flexibility index (Phi) is 6.60. The number of rotatable bonds is 2. The standard InChI is InChI=1S/CH4O6S2.H2O3S/c2-8(3,4)1-9(5,6)7;1-4(2)3/h1H2,(H,2,3,4)(H,5,6,7);(H2,1,2,3). The fourth-order valence-corrected chi connectivity index (χ4v) is 1.69. The van der Waals surface area contributed by atoms with E-state index in [0.717, 1.165) is 0 Å². The molecule has 0 aliphatic rings. The lowest BCUT2D eigenvalue weighted by Crippen LogP contribution is -2.13. The summed E-state index contributed by atoms with van der Waals surface area (Å²) < 4.78 is 77.1. The molecule has 82 valence electrons. The van der Waals surface area contributed by atoms with E-state index in [1.807, 2.05) is 0 Å². The first-order chi connectivity index (χ1) is 5.44. The number of hydrogen-bond donors (Lipinski definition) is 4. The van der Waals surface area contributed by atoms with Crippen molar-refractivity contribution < 1.29 is 39.3 Å². The van der Waals surface area contributed by atoms with Gasteiger partial charge in [0.2, 0.25) is 5.08 Å². The molecule has 0 spiro atoms. The van der Waals surface area contributed by atoms with Crippen LogP contribution in [0.1, 0.15) is 0 Å². The minimum absolute atomic E-state index is 1.65. The molecule has 0 saturated carbocycles. The molecule has 0 unspecified atom stereocenters. The van der Waals surface area contributed by atoms with E-state index in [2.05, 4.69) is 0 Å². The van der Waals surface area contributed by atoms with Crippen molar-refractivity contribution in [3.05, 3.63) is 0 Å². The molecule has 0 rings (SSSR count). The Morgan fingerprint density at radius 2 is 1.08 bits per heavy atom. The summed E-state index contributed by atoms with van der Waals surface area (Å²) in [6.45, 7) is 0. The van der Waals surface area contributed by atoms with Gasteiger partial charge in [-0.2, -0.15) is 21.0 Å². The summed E-state index contributed by atoms with van der Waals surface area (Å²) in [5, 5.41) is -1.65. The van der Waals surface area contributed by atoms with Gasteiger partial charge < -0.3 is 0 Å². The van der Waals surface area contributed by atoms with Gasteiger partial charge in [-0.15, -0.1) is 0 Å². The van der Waals surface area contributed by atoms with Gasteiger partial charge in [0.15, 0.2) is 0 Å². The first kappa shape index (κ1) is 15.4. The summed E-state index contributed by atoms with van der Waals surface area (Å²) in [5.74, 6) is 0. The van der Waals surface area contributed by atoms with Crippen LogP contribution in [0.15, 0.2) is 0 Å². The second-order valence-electron chi connectivity index (χ2n) is 1.51. The Hall–Kier alpha value is -0.110. The molecule has 0 aromatic heterocycles. The minimum Gasteiger partial charge on any atom is -0.285 e. The molecule has 0 atom stereocenters. The highest BCUT2D eigenvalue weighted by Gasteiger charge is 2.15. The van der Waals surface area contributed by atoms with E-state index in [1.165, 1.54) is 0 Å². The van der Waals surface area contributed by atoms with Crippen LogP contribution < -0.4 is 0 Å². The predicted octanol–water partition coefficient (Wildman–Crippen LogP) is -1.60. The van der Waals surface area contributed by atoms with Gasteiger partial charge in [-0.1, -0.05) is 0 Å². The zero-order valence-corrected chi connectivity index (χ0v) is 8.21. The van der Waals surface area contributed by atoms with E-state index >= 15 is 0 Å². The van der Waals surface area contributed by atoms with E-state index in [0.29, 0.717) is 0 Å².